The van der Waals surface area contributed by atoms with Crippen LogP contribution in [-0.4, -0.2) is 35.2 Å². The number of hydrogen-bond acceptors (Lipinski definition) is 6. The van der Waals surface area contributed by atoms with Crippen LogP contribution in [0.25, 0.3) is 0 Å². The average Bonchev–Trinajstić information content (AvgIpc) is 3.26. The number of carbonyl (C=O) groups excluding carboxylic acids is 4. The molecule has 0 spiro atoms. The number of furan rings is 1. The van der Waals surface area contributed by atoms with Gasteiger partial charge in [-0.15, -0.1) is 11.3 Å². The van der Waals surface area contributed by atoms with Crippen molar-refractivity contribution in [3.05, 3.63) is 41.2 Å². The smallest absolute Gasteiger partial charge is 0.325 e. The molecule has 1 fully saturated rings. The monoisotopic (exact) mass is 362 g/mol. The maximum atomic E-state index is 12.6. The van der Waals surface area contributed by atoms with Crippen LogP contribution in [0.1, 0.15) is 23.0 Å². The van der Waals surface area contributed by atoms with Gasteiger partial charge >= 0.3 is 6.03 Å². The Balaban J connectivity index is 1.73. The number of imide groups is 1. The number of urea groups is 1. The molecule has 0 saturated carbocycles. The largest absolute Gasteiger partial charge is 0.466 e. The SMILES string of the molecule is CC1(c2ccco2)NC(=O)N(CC(=O)Nc2sccc2C(N)=O)C1=O. The molecule has 9 nitrogen and oxygen atoms in total. The Morgan fingerprint density at radius 3 is 2.80 bits per heavy atom. The van der Waals surface area contributed by atoms with E-state index in [0.717, 1.165) is 16.2 Å². The molecule has 3 heterocycles. The van der Waals surface area contributed by atoms with Gasteiger partial charge in [0.15, 0.2) is 5.54 Å². The van der Waals surface area contributed by atoms with Gasteiger partial charge in [-0.25, -0.2) is 4.79 Å². The van der Waals surface area contributed by atoms with Crippen LogP contribution in [0.5, 0.6) is 0 Å². The molecule has 130 valence electrons. The van der Waals surface area contributed by atoms with Crippen molar-refractivity contribution >= 4 is 40.1 Å². The zero-order valence-electron chi connectivity index (χ0n) is 13.1. The summed E-state index contributed by atoms with van der Waals surface area (Å²) in [6, 6.07) is 3.93. The second-order valence-corrected chi connectivity index (χ2v) is 6.42. The molecule has 3 rings (SSSR count). The van der Waals surface area contributed by atoms with Crippen molar-refractivity contribution < 1.29 is 23.6 Å². The molecule has 0 aliphatic carbocycles. The zero-order chi connectivity index (χ0) is 18.2. The molecule has 10 heteroatoms. The van der Waals surface area contributed by atoms with E-state index in [9.17, 15) is 19.2 Å². The first kappa shape index (κ1) is 16.7. The minimum atomic E-state index is -1.37. The second-order valence-electron chi connectivity index (χ2n) is 5.50. The summed E-state index contributed by atoms with van der Waals surface area (Å²) in [6.07, 6.45) is 1.39. The van der Waals surface area contributed by atoms with Crippen LogP contribution in [0.4, 0.5) is 9.80 Å². The molecule has 1 unspecified atom stereocenters. The van der Waals surface area contributed by atoms with Gasteiger partial charge in [-0.2, -0.15) is 0 Å². The van der Waals surface area contributed by atoms with Gasteiger partial charge in [0.25, 0.3) is 11.8 Å². The summed E-state index contributed by atoms with van der Waals surface area (Å²) in [6.45, 7) is 0.992. The fraction of sp³-hybridized carbons (Fsp3) is 0.200. The first-order chi connectivity index (χ1) is 11.8. The van der Waals surface area contributed by atoms with Gasteiger partial charge < -0.3 is 20.8 Å². The zero-order valence-corrected chi connectivity index (χ0v) is 13.9. The van der Waals surface area contributed by atoms with Crippen molar-refractivity contribution in [1.82, 2.24) is 10.2 Å². The summed E-state index contributed by atoms with van der Waals surface area (Å²) >= 11 is 1.11. The summed E-state index contributed by atoms with van der Waals surface area (Å²) in [5.41, 5.74) is 4.00. The number of nitrogens with one attached hydrogen (secondary N) is 2. The highest BCUT2D eigenvalue weighted by atomic mass is 32.1. The number of rotatable bonds is 5. The number of primary amides is 1. The summed E-state index contributed by atoms with van der Waals surface area (Å²) in [7, 11) is 0. The van der Waals surface area contributed by atoms with Crippen LogP contribution in [0.2, 0.25) is 0 Å². The molecule has 1 atom stereocenters. The number of carbonyl (C=O) groups is 4. The predicted molar refractivity (Wildman–Crippen MR) is 87.8 cm³/mol. The van der Waals surface area contributed by atoms with Gasteiger partial charge in [0.1, 0.15) is 17.3 Å². The molecule has 0 aromatic carbocycles. The minimum Gasteiger partial charge on any atom is -0.466 e. The molecule has 0 bridgehead atoms. The normalized spacial score (nSPS) is 19.8. The van der Waals surface area contributed by atoms with Crippen molar-refractivity contribution in [3.63, 3.8) is 0 Å². The van der Waals surface area contributed by atoms with E-state index in [1.54, 1.807) is 17.5 Å². The van der Waals surface area contributed by atoms with E-state index < -0.39 is 35.8 Å². The van der Waals surface area contributed by atoms with Gasteiger partial charge in [0, 0.05) is 0 Å². The Kier molecular flexibility index (Phi) is 4.05. The Bertz CT molecular complexity index is 859. The van der Waals surface area contributed by atoms with Crippen molar-refractivity contribution in [2.75, 3.05) is 11.9 Å². The lowest BCUT2D eigenvalue weighted by molar-refractivity contribution is -0.134. The van der Waals surface area contributed by atoms with E-state index in [2.05, 4.69) is 10.6 Å². The Morgan fingerprint density at radius 2 is 2.16 bits per heavy atom. The maximum absolute atomic E-state index is 12.6. The van der Waals surface area contributed by atoms with Crippen LogP contribution in [0.3, 0.4) is 0 Å². The number of amides is 5. The highest BCUT2D eigenvalue weighted by Gasteiger charge is 2.51. The summed E-state index contributed by atoms with van der Waals surface area (Å²) < 4.78 is 5.21. The Hall–Kier alpha value is -3.14. The highest BCUT2D eigenvalue weighted by Crippen LogP contribution is 2.29. The van der Waals surface area contributed by atoms with Gasteiger partial charge in [0.2, 0.25) is 5.91 Å². The lowest BCUT2D eigenvalue weighted by Gasteiger charge is -2.18. The number of anilines is 1. The van der Waals surface area contributed by atoms with Crippen molar-refractivity contribution in [2.24, 2.45) is 5.73 Å². The Labute approximate surface area is 145 Å². The predicted octanol–water partition coefficient (Wildman–Crippen LogP) is 0.846. The summed E-state index contributed by atoms with van der Waals surface area (Å²) in [5.74, 6) is -1.65. The first-order valence-corrected chi connectivity index (χ1v) is 8.06. The first-order valence-electron chi connectivity index (χ1n) is 7.18. The lowest BCUT2D eigenvalue weighted by Crippen LogP contribution is -2.41. The van der Waals surface area contributed by atoms with Crippen molar-refractivity contribution in [2.45, 2.75) is 12.5 Å². The molecule has 1 aliphatic rings. The molecular formula is C15H14N4O5S. The van der Waals surface area contributed by atoms with Gasteiger partial charge in [-0.3, -0.25) is 19.3 Å². The van der Waals surface area contributed by atoms with E-state index in [4.69, 9.17) is 10.2 Å². The summed E-state index contributed by atoms with van der Waals surface area (Å²) in [5, 5.41) is 6.86. The average molecular weight is 362 g/mol. The number of nitrogens with zero attached hydrogens (tertiary/aromatic N) is 1. The van der Waals surface area contributed by atoms with Crippen LogP contribution >= 0.6 is 11.3 Å². The van der Waals surface area contributed by atoms with E-state index in [-0.39, 0.29) is 16.3 Å². The number of nitrogens with two attached hydrogens (primary N) is 1. The number of hydrogen-bond donors (Lipinski definition) is 3. The molecule has 4 N–H and O–H groups in total. The molecule has 2 aromatic heterocycles. The summed E-state index contributed by atoms with van der Waals surface area (Å²) in [4.78, 5) is 48.9. The van der Waals surface area contributed by atoms with E-state index in [0.29, 0.717) is 0 Å². The third-order valence-corrected chi connectivity index (χ3v) is 4.60. The van der Waals surface area contributed by atoms with Crippen LogP contribution in [0.15, 0.2) is 34.3 Å². The number of thiophene rings is 1. The van der Waals surface area contributed by atoms with Crippen LogP contribution in [-0.2, 0) is 15.1 Å². The maximum Gasteiger partial charge on any atom is 0.325 e. The fourth-order valence-corrected chi connectivity index (χ4v) is 3.29. The Morgan fingerprint density at radius 1 is 1.40 bits per heavy atom. The molecular weight excluding hydrogens is 348 g/mol. The van der Waals surface area contributed by atoms with Crippen molar-refractivity contribution in [1.29, 1.82) is 0 Å². The fourth-order valence-electron chi connectivity index (χ4n) is 2.48. The standard InChI is InChI=1S/C15H14N4O5S/c1-15(9-3-2-5-24-9)13(22)19(14(23)18-15)7-10(20)17-12-8(11(16)21)4-6-25-12/h2-6H,7H2,1H3,(H2,16,21)(H,17,20)(H,18,23). The molecule has 5 amide bonds. The van der Waals surface area contributed by atoms with Crippen LogP contribution < -0.4 is 16.4 Å². The minimum absolute atomic E-state index is 0.163. The molecule has 25 heavy (non-hydrogen) atoms. The van der Waals surface area contributed by atoms with Gasteiger partial charge in [0.05, 0.1) is 11.8 Å². The van der Waals surface area contributed by atoms with Crippen molar-refractivity contribution in [3.8, 4) is 0 Å². The van der Waals surface area contributed by atoms with E-state index in [1.807, 2.05) is 0 Å². The quantitative estimate of drug-likeness (QED) is 0.678. The molecule has 1 saturated heterocycles. The van der Waals surface area contributed by atoms with E-state index >= 15 is 0 Å². The topological polar surface area (TPSA) is 135 Å². The third kappa shape index (κ3) is 2.87. The van der Waals surface area contributed by atoms with E-state index in [1.165, 1.54) is 19.3 Å². The van der Waals surface area contributed by atoms with Gasteiger partial charge in [-0.1, -0.05) is 0 Å². The second kappa shape index (κ2) is 6.06. The highest BCUT2D eigenvalue weighted by molar-refractivity contribution is 7.14. The molecule has 0 radical (unpaired) electrons. The third-order valence-electron chi connectivity index (χ3n) is 3.77. The van der Waals surface area contributed by atoms with Gasteiger partial charge in [-0.05, 0) is 30.5 Å². The molecule has 1 aliphatic heterocycles. The van der Waals surface area contributed by atoms with Crippen LogP contribution in [0, 0.1) is 0 Å². The lowest BCUT2D eigenvalue weighted by atomic mass is 9.99. The molecule has 2 aromatic rings.